The monoisotopic (exact) mass is 415 g/mol. The summed E-state index contributed by atoms with van der Waals surface area (Å²) in [7, 11) is -3.99. The molecule has 0 aliphatic heterocycles. The van der Waals surface area contributed by atoms with Crippen LogP contribution in [0, 0.1) is 21.7 Å². The summed E-state index contributed by atoms with van der Waals surface area (Å²) in [4.78, 5) is 26.2. The number of sulfonamides is 1. The molecule has 1 aromatic heterocycles. The van der Waals surface area contributed by atoms with Crippen LogP contribution in [0.15, 0.2) is 30.3 Å². The summed E-state index contributed by atoms with van der Waals surface area (Å²) in [5.41, 5.74) is -1.81. The van der Waals surface area contributed by atoms with Crippen LogP contribution < -0.4 is 4.72 Å². The summed E-state index contributed by atoms with van der Waals surface area (Å²) in [5, 5.41) is 10.1. The fourth-order valence-electron chi connectivity index (χ4n) is 1.86. The average molecular weight is 415 g/mol. The molecule has 2 aromatic rings. The molecule has 8 nitrogen and oxygen atoms in total. The molecule has 1 aromatic carbocycles. The van der Waals surface area contributed by atoms with E-state index in [1.54, 1.807) is 0 Å². The van der Waals surface area contributed by atoms with Crippen LogP contribution in [0.5, 0.6) is 0 Å². The molecule has 152 valence electrons. The molecule has 0 saturated heterocycles. The fraction of sp³-hybridized carbons (Fsp3) is 0.294. The van der Waals surface area contributed by atoms with Gasteiger partial charge in [0.2, 0.25) is 21.6 Å². The molecule has 0 atom stereocenters. The summed E-state index contributed by atoms with van der Waals surface area (Å²) in [6, 6.07) is 4.00. The molecule has 0 aliphatic rings. The third kappa shape index (κ3) is 5.28. The summed E-state index contributed by atoms with van der Waals surface area (Å²) in [6.07, 6.45) is 0. The van der Waals surface area contributed by atoms with Crippen LogP contribution in [-0.4, -0.2) is 29.4 Å². The van der Waals surface area contributed by atoms with Crippen molar-refractivity contribution >= 4 is 27.3 Å². The number of pyridine rings is 1. The zero-order valence-electron chi connectivity index (χ0n) is 15.6. The quantitative estimate of drug-likeness (QED) is 0.437. The minimum Gasteiger partial charge on any atom is -0.287 e. The maximum atomic E-state index is 13.8. The van der Waals surface area contributed by atoms with E-state index < -0.39 is 60.4 Å². The molecule has 1 heterocycles. The molecule has 0 aliphatic carbocycles. The Labute approximate surface area is 160 Å². The van der Waals surface area contributed by atoms with Gasteiger partial charge in [-0.15, -0.1) is 0 Å². The molecule has 1 N–H and O–H groups in total. The third-order valence-corrected chi connectivity index (χ3v) is 5.05. The summed E-state index contributed by atoms with van der Waals surface area (Å²) < 4.78 is 52.9. The topological polar surface area (TPSA) is 119 Å². The average Bonchev–Trinajstić information content (AvgIpc) is 2.64. The molecular formula is C17H19F2N3O5S. The number of hydrogen-bond acceptors (Lipinski definition) is 6. The summed E-state index contributed by atoms with van der Waals surface area (Å²) >= 11 is 0. The van der Waals surface area contributed by atoms with Gasteiger partial charge in [0, 0.05) is 6.07 Å². The number of benzene rings is 1. The van der Waals surface area contributed by atoms with Gasteiger partial charge in [0.05, 0.1) is 15.7 Å². The lowest BCUT2D eigenvalue weighted by Gasteiger charge is -2.11. The first-order valence-corrected chi connectivity index (χ1v) is 9.74. The second kappa shape index (κ2) is 9.31. The van der Waals surface area contributed by atoms with Crippen molar-refractivity contribution in [3.8, 4) is 0 Å². The molecule has 0 spiro atoms. The number of nitrogens with zero attached hydrogens (tertiary/aromatic N) is 2. The molecular weight excluding hydrogens is 396 g/mol. The zero-order chi connectivity index (χ0) is 21.6. The Kier molecular flexibility index (Phi) is 7.68. The highest BCUT2D eigenvalue weighted by Gasteiger charge is 2.26. The van der Waals surface area contributed by atoms with Crippen molar-refractivity contribution in [3.05, 3.63) is 63.3 Å². The van der Waals surface area contributed by atoms with Gasteiger partial charge in [0.1, 0.15) is 17.3 Å². The second-order valence-corrected chi connectivity index (χ2v) is 7.71. The largest absolute Gasteiger partial charge is 0.312 e. The Bertz CT molecular complexity index is 994. The van der Waals surface area contributed by atoms with Gasteiger partial charge in [-0.3, -0.25) is 19.6 Å². The lowest BCUT2D eigenvalue weighted by Crippen LogP contribution is -2.24. The Balaban J connectivity index is 0.00000190. The fourth-order valence-corrected chi connectivity index (χ4v) is 2.52. The predicted octanol–water partition coefficient (Wildman–Crippen LogP) is 3.68. The van der Waals surface area contributed by atoms with E-state index in [4.69, 9.17) is 0 Å². The standard InChI is InChI=1S/C15H13F2N3O5S.C2H6/c1-8(2)26(24,25)19-15-13(20(22)23)6-5-12(18-15)14(21)10-7-9(16)3-4-11(10)17;1-2/h3-8H,1-2H3,(H,18,19);1-2H3. The summed E-state index contributed by atoms with van der Waals surface area (Å²) in [6.45, 7) is 6.68. The minimum absolute atomic E-state index is 0.485. The zero-order valence-corrected chi connectivity index (χ0v) is 16.4. The van der Waals surface area contributed by atoms with Gasteiger partial charge in [0.25, 0.3) is 0 Å². The van der Waals surface area contributed by atoms with E-state index in [1.165, 1.54) is 13.8 Å². The lowest BCUT2D eigenvalue weighted by atomic mass is 10.1. The first-order chi connectivity index (χ1) is 13.0. The van der Waals surface area contributed by atoms with Crippen LogP contribution in [0.2, 0.25) is 0 Å². The molecule has 2 rings (SSSR count). The van der Waals surface area contributed by atoms with E-state index in [1.807, 2.05) is 18.6 Å². The van der Waals surface area contributed by atoms with Gasteiger partial charge in [-0.2, -0.15) is 0 Å². The Morgan fingerprint density at radius 1 is 1.18 bits per heavy atom. The number of rotatable bonds is 6. The Morgan fingerprint density at radius 2 is 1.79 bits per heavy atom. The van der Waals surface area contributed by atoms with Crippen LogP contribution in [0.3, 0.4) is 0 Å². The number of carbonyl (C=O) groups excluding carboxylic acids is 1. The molecule has 0 unspecified atom stereocenters. The van der Waals surface area contributed by atoms with E-state index in [2.05, 4.69) is 4.98 Å². The molecule has 11 heteroatoms. The molecule has 0 amide bonds. The first kappa shape index (κ1) is 23.1. The van der Waals surface area contributed by atoms with E-state index in [0.29, 0.717) is 6.07 Å². The third-order valence-electron chi connectivity index (χ3n) is 3.34. The summed E-state index contributed by atoms with van der Waals surface area (Å²) in [5.74, 6) is -3.62. The highest BCUT2D eigenvalue weighted by molar-refractivity contribution is 7.93. The van der Waals surface area contributed by atoms with E-state index in [-0.39, 0.29) is 0 Å². The van der Waals surface area contributed by atoms with Crippen molar-refractivity contribution in [2.24, 2.45) is 0 Å². The number of anilines is 1. The van der Waals surface area contributed by atoms with E-state index in [9.17, 15) is 32.1 Å². The van der Waals surface area contributed by atoms with Crippen LogP contribution in [0.25, 0.3) is 0 Å². The van der Waals surface area contributed by atoms with Crippen LogP contribution >= 0.6 is 0 Å². The highest BCUT2D eigenvalue weighted by atomic mass is 32.2. The highest BCUT2D eigenvalue weighted by Crippen LogP contribution is 2.25. The molecule has 0 fully saturated rings. The lowest BCUT2D eigenvalue weighted by molar-refractivity contribution is -0.384. The molecule has 0 bridgehead atoms. The Morgan fingerprint density at radius 3 is 2.32 bits per heavy atom. The molecule has 0 saturated carbocycles. The van der Waals surface area contributed by atoms with Gasteiger partial charge < -0.3 is 0 Å². The van der Waals surface area contributed by atoms with Gasteiger partial charge in [-0.1, -0.05) is 13.8 Å². The van der Waals surface area contributed by atoms with Crippen molar-refractivity contribution < 1.29 is 26.9 Å². The number of nitro groups is 1. The van der Waals surface area contributed by atoms with Crippen molar-refractivity contribution in [1.82, 2.24) is 4.98 Å². The van der Waals surface area contributed by atoms with E-state index in [0.717, 1.165) is 24.3 Å². The predicted molar refractivity (Wildman–Crippen MR) is 99.7 cm³/mol. The van der Waals surface area contributed by atoms with Gasteiger partial charge in [-0.05, 0) is 38.1 Å². The van der Waals surface area contributed by atoms with Crippen LogP contribution in [-0.2, 0) is 10.0 Å². The minimum atomic E-state index is -3.99. The van der Waals surface area contributed by atoms with Gasteiger partial charge >= 0.3 is 5.69 Å². The number of nitrogens with one attached hydrogen (secondary N) is 1. The van der Waals surface area contributed by atoms with Crippen molar-refractivity contribution in [3.63, 3.8) is 0 Å². The normalized spacial score (nSPS) is 10.8. The smallest absolute Gasteiger partial charge is 0.287 e. The first-order valence-electron chi connectivity index (χ1n) is 8.19. The van der Waals surface area contributed by atoms with E-state index >= 15 is 0 Å². The van der Waals surface area contributed by atoms with Gasteiger partial charge in [0.15, 0.2) is 0 Å². The number of ketones is 1. The SMILES string of the molecule is CC.CC(C)S(=O)(=O)Nc1nc(C(=O)c2cc(F)ccc2F)ccc1[N+](=O)[O-]. The molecule has 0 radical (unpaired) electrons. The van der Waals surface area contributed by atoms with Crippen molar-refractivity contribution in [2.45, 2.75) is 32.9 Å². The van der Waals surface area contributed by atoms with Crippen LogP contribution in [0.1, 0.15) is 43.7 Å². The second-order valence-electron chi connectivity index (χ2n) is 5.47. The number of aromatic nitrogens is 1. The maximum absolute atomic E-state index is 13.8. The Hall–Kier alpha value is -2.95. The van der Waals surface area contributed by atoms with Crippen LogP contribution in [0.4, 0.5) is 20.3 Å². The van der Waals surface area contributed by atoms with Crippen molar-refractivity contribution in [1.29, 1.82) is 0 Å². The molecule has 28 heavy (non-hydrogen) atoms. The van der Waals surface area contributed by atoms with Gasteiger partial charge in [-0.25, -0.2) is 22.2 Å². The number of carbonyl (C=O) groups is 1. The van der Waals surface area contributed by atoms with Crippen molar-refractivity contribution in [2.75, 3.05) is 4.72 Å². The number of halogens is 2. The number of hydrogen-bond donors (Lipinski definition) is 1. The maximum Gasteiger partial charge on any atom is 0.312 e.